The molecule has 3 aromatic rings. The van der Waals surface area contributed by atoms with Crippen LogP contribution in [0.15, 0.2) is 59.8 Å². The van der Waals surface area contributed by atoms with E-state index in [1.807, 2.05) is 54.7 Å². The van der Waals surface area contributed by atoms with Crippen molar-refractivity contribution in [3.63, 3.8) is 0 Å². The van der Waals surface area contributed by atoms with E-state index >= 15 is 0 Å². The number of hydrogen-bond acceptors (Lipinski definition) is 4. The molecule has 5 nitrogen and oxygen atoms in total. The van der Waals surface area contributed by atoms with E-state index in [1.54, 1.807) is 25.1 Å². The maximum Gasteiger partial charge on any atom is 0.198 e. The van der Waals surface area contributed by atoms with Crippen LogP contribution in [0.4, 0.5) is 0 Å². The van der Waals surface area contributed by atoms with E-state index in [9.17, 15) is 0 Å². The van der Waals surface area contributed by atoms with Crippen LogP contribution in [-0.2, 0) is 0 Å². The molecule has 1 aromatic heterocycles. The van der Waals surface area contributed by atoms with Crippen LogP contribution in [0.5, 0.6) is 11.5 Å². The number of hydrogen-bond donors (Lipinski definition) is 1. The number of ether oxygens (including phenoxy) is 2. The minimum atomic E-state index is 0.528. The van der Waals surface area contributed by atoms with Crippen molar-refractivity contribution in [1.82, 2.24) is 9.66 Å². The number of nitrogens with zero attached hydrogens (tertiary/aromatic N) is 2. The first-order chi connectivity index (χ1) is 11.7. The van der Waals surface area contributed by atoms with E-state index in [0.717, 1.165) is 16.8 Å². The topological polar surface area (TPSA) is 51.5 Å². The summed E-state index contributed by atoms with van der Waals surface area (Å²) >= 11 is 5.33. The fourth-order valence-electron chi connectivity index (χ4n) is 2.27. The second kappa shape index (κ2) is 7.14. The largest absolute Gasteiger partial charge is 0.497 e. The number of methoxy groups -OCH3 is 2. The highest BCUT2D eigenvalue weighted by Gasteiger charge is 2.03. The first kappa shape index (κ1) is 16.0. The van der Waals surface area contributed by atoms with Gasteiger partial charge in [-0.2, -0.15) is 5.10 Å². The average Bonchev–Trinajstić information content (AvgIpc) is 3.01. The first-order valence-corrected chi connectivity index (χ1v) is 7.75. The monoisotopic (exact) mass is 339 g/mol. The van der Waals surface area contributed by atoms with Gasteiger partial charge in [-0.15, -0.1) is 0 Å². The second-order valence-corrected chi connectivity index (χ2v) is 5.46. The smallest absolute Gasteiger partial charge is 0.198 e. The number of benzene rings is 2. The van der Waals surface area contributed by atoms with Crippen molar-refractivity contribution in [3.8, 4) is 22.8 Å². The third-order valence-corrected chi connectivity index (χ3v) is 3.78. The van der Waals surface area contributed by atoms with Gasteiger partial charge >= 0.3 is 0 Å². The summed E-state index contributed by atoms with van der Waals surface area (Å²) in [5, 5.41) is 4.42. The summed E-state index contributed by atoms with van der Waals surface area (Å²) in [4.78, 5) is 3.16. The van der Waals surface area contributed by atoms with Gasteiger partial charge in [0, 0.05) is 11.6 Å². The lowest BCUT2D eigenvalue weighted by atomic mass is 10.2. The van der Waals surface area contributed by atoms with Crippen molar-refractivity contribution in [1.29, 1.82) is 0 Å². The molecular formula is C18H17N3O2S. The van der Waals surface area contributed by atoms with Gasteiger partial charge in [-0.1, -0.05) is 30.3 Å². The molecule has 1 heterocycles. The van der Waals surface area contributed by atoms with Crippen LogP contribution in [0.25, 0.3) is 11.3 Å². The molecule has 0 amide bonds. The molecule has 24 heavy (non-hydrogen) atoms. The molecule has 122 valence electrons. The molecule has 0 fully saturated rings. The molecule has 6 heteroatoms. The normalized spacial score (nSPS) is 10.9. The Morgan fingerprint density at radius 1 is 1.04 bits per heavy atom. The van der Waals surface area contributed by atoms with Crippen molar-refractivity contribution < 1.29 is 9.47 Å². The molecule has 0 aliphatic heterocycles. The van der Waals surface area contributed by atoms with E-state index in [0.29, 0.717) is 16.3 Å². The number of H-pyrrole nitrogens is 1. The summed E-state index contributed by atoms with van der Waals surface area (Å²) < 4.78 is 12.7. The summed E-state index contributed by atoms with van der Waals surface area (Å²) in [7, 11) is 3.23. The van der Waals surface area contributed by atoms with Crippen molar-refractivity contribution in [3.05, 3.63) is 65.1 Å². The Bertz CT molecular complexity index is 891. The summed E-state index contributed by atoms with van der Waals surface area (Å²) in [6.07, 6.45) is 3.58. The number of imidazole rings is 1. The van der Waals surface area contributed by atoms with Crippen molar-refractivity contribution in [2.75, 3.05) is 14.2 Å². The van der Waals surface area contributed by atoms with Crippen LogP contribution in [-0.4, -0.2) is 30.1 Å². The van der Waals surface area contributed by atoms with Gasteiger partial charge in [0.05, 0.1) is 32.3 Å². The minimum Gasteiger partial charge on any atom is -0.497 e. The van der Waals surface area contributed by atoms with Gasteiger partial charge in [0.1, 0.15) is 11.5 Å². The Morgan fingerprint density at radius 2 is 1.71 bits per heavy atom. The lowest BCUT2D eigenvalue weighted by Crippen LogP contribution is -1.92. The predicted molar refractivity (Wildman–Crippen MR) is 97.6 cm³/mol. The zero-order valence-corrected chi connectivity index (χ0v) is 14.2. The molecule has 0 radical (unpaired) electrons. The molecule has 1 N–H and O–H groups in total. The fourth-order valence-corrected chi connectivity index (χ4v) is 2.48. The molecule has 0 bridgehead atoms. The minimum absolute atomic E-state index is 0.528. The average molecular weight is 339 g/mol. The third kappa shape index (κ3) is 3.55. The lowest BCUT2D eigenvalue weighted by Gasteiger charge is -2.05. The van der Waals surface area contributed by atoms with Gasteiger partial charge < -0.3 is 14.5 Å². The van der Waals surface area contributed by atoms with E-state index in [4.69, 9.17) is 21.7 Å². The highest BCUT2D eigenvalue weighted by atomic mass is 32.1. The molecule has 0 unspecified atom stereocenters. The lowest BCUT2D eigenvalue weighted by molar-refractivity contribution is 0.394. The summed E-state index contributed by atoms with van der Waals surface area (Å²) in [5.41, 5.74) is 2.83. The Morgan fingerprint density at radius 3 is 2.33 bits per heavy atom. The van der Waals surface area contributed by atoms with Crippen LogP contribution in [0.2, 0.25) is 0 Å². The number of aromatic amines is 1. The molecule has 0 saturated carbocycles. The zero-order chi connectivity index (χ0) is 16.9. The van der Waals surface area contributed by atoms with Crippen LogP contribution >= 0.6 is 12.2 Å². The highest BCUT2D eigenvalue weighted by molar-refractivity contribution is 7.71. The van der Waals surface area contributed by atoms with Crippen molar-refractivity contribution in [2.24, 2.45) is 5.10 Å². The highest BCUT2D eigenvalue weighted by Crippen LogP contribution is 2.21. The molecule has 0 aliphatic carbocycles. The number of aromatic nitrogens is 2. The standard InChI is InChI=1S/C18H17N3O2S/c1-22-15-8-13(9-16(10-15)23-2)11-19-21-12-17(20-18(21)24)14-6-4-3-5-7-14/h3-12H,1-2H3,(H,20,24). The van der Waals surface area contributed by atoms with E-state index in [-0.39, 0.29) is 0 Å². The van der Waals surface area contributed by atoms with Crippen LogP contribution in [0, 0.1) is 4.77 Å². The quantitative estimate of drug-likeness (QED) is 0.562. The van der Waals surface area contributed by atoms with E-state index in [2.05, 4.69) is 10.1 Å². The van der Waals surface area contributed by atoms with Crippen LogP contribution in [0.3, 0.4) is 0 Å². The van der Waals surface area contributed by atoms with Gasteiger partial charge in [-0.05, 0) is 29.9 Å². The number of rotatable bonds is 5. The van der Waals surface area contributed by atoms with Gasteiger partial charge in [0.2, 0.25) is 0 Å². The molecule has 0 saturated heterocycles. The Labute approximate surface area is 145 Å². The predicted octanol–water partition coefficient (Wildman–Crippen LogP) is 4.11. The van der Waals surface area contributed by atoms with Crippen molar-refractivity contribution >= 4 is 18.4 Å². The maximum absolute atomic E-state index is 5.33. The molecule has 0 spiro atoms. The van der Waals surface area contributed by atoms with E-state index < -0.39 is 0 Å². The van der Waals surface area contributed by atoms with Crippen LogP contribution in [0.1, 0.15) is 5.56 Å². The van der Waals surface area contributed by atoms with E-state index in [1.165, 1.54) is 0 Å². The Kier molecular flexibility index (Phi) is 4.77. The summed E-state index contributed by atoms with van der Waals surface area (Å²) in [6.45, 7) is 0. The third-order valence-electron chi connectivity index (χ3n) is 3.49. The summed E-state index contributed by atoms with van der Waals surface area (Å²) in [6, 6.07) is 15.5. The number of nitrogens with one attached hydrogen (secondary N) is 1. The second-order valence-electron chi connectivity index (χ2n) is 5.07. The molecular weight excluding hydrogens is 322 g/mol. The van der Waals surface area contributed by atoms with Crippen LogP contribution < -0.4 is 9.47 Å². The van der Waals surface area contributed by atoms with Crippen molar-refractivity contribution in [2.45, 2.75) is 0 Å². The molecule has 0 atom stereocenters. The van der Waals surface area contributed by atoms with Gasteiger partial charge in [0.15, 0.2) is 4.77 Å². The Balaban J connectivity index is 1.90. The first-order valence-electron chi connectivity index (χ1n) is 7.34. The Hall–Kier alpha value is -2.86. The molecule has 3 rings (SSSR count). The SMILES string of the molecule is COc1cc(C=Nn2cc(-c3ccccc3)[nH]c2=S)cc(OC)c1. The van der Waals surface area contributed by atoms with Gasteiger partial charge in [-0.3, -0.25) is 0 Å². The molecule has 0 aliphatic rings. The molecule has 2 aromatic carbocycles. The van der Waals surface area contributed by atoms with Gasteiger partial charge in [-0.25, -0.2) is 4.68 Å². The fraction of sp³-hybridized carbons (Fsp3) is 0.111. The maximum atomic E-state index is 5.33. The summed E-state index contributed by atoms with van der Waals surface area (Å²) in [5.74, 6) is 1.41. The van der Waals surface area contributed by atoms with Gasteiger partial charge in [0.25, 0.3) is 0 Å². The zero-order valence-electron chi connectivity index (χ0n) is 13.4.